The van der Waals surface area contributed by atoms with E-state index in [4.69, 9.17) is 15.2 Å². The van der Waals surface area contributed by atoms with Gasteiger partial charge in [-0.2, -0.15) is 11.8 Å². The van der Waals surface area contributed by atoms with E-state index in [1.807, 2.05) is 30.0 Å². The molecule has 2 N–H and O–H groups in total. The van der Waals surface area contributed by atoms with Gasteiger partial charge in [0.25, 0.3) is 0 Å². The number of fused-ring (bicyclic) bond motifs is 1. The first-order chi connectivity index (χ1) is 8.78. The van der Waals surface area contributed by atoms with Crippen molar-refractivity contribution in [1.29, 1.82) is 0 Å². The fourth-order valence-electron chi connectivity index (χ4n) is 2.77. The Morgan fingerprint density at radius 3 is 3.06 bits per heavy atom. The number of methoxy groups -OCH3 is 1. The van der Waals surface area contributed by atoms with E-state index in [9.17, 15) is 0 Å². The molecule has 3 rings (SSSR count). The van der Waals surface area contributed by atoms with Crippen LogP contribution in [0.25, 0.3) is 0 Å². The van der Waals surface area contributed by atoms with Crippen LogP contribution in [0.4, 0.5) is 0 Å². The summed E-state index contributed by atoms with van der Waals surface area (Å²) in [7, 11) is 1.68. The van der Waals surface area contributed by atoms with Crippen LogP contribution in [0.15, 0.2) is 18.2 Å². The summed E-state index contributed by atoms with van der Waals surface area (Å²) in [4.78, 5) is 0. The van der Waals surface area contributed by atoms with Gasteiger partial charge >= 0.3 is 0 Å². The standard InChI is InChI=1S/C14H19NO2S/c1-16-10-2-3-13-11(6-10)12(15)7-14(17-13)9-4-5-18-8-9/h2-3,6,9,12,14H,4-5,7-8,15H2,1H3. The van der Waals surface area contributed by atoms with E-state index in [1.165, 1.54) is 17.9 Å². The topological polar surface area (TPSA) is 44.5 Å². The molecule has 1 aromatic carbocycles. The van der Waals surface area contributed by atoms with E-state index in [0.717, 1.165) is 23.5 Å². The highest BCUT2D eigenvalue weighted by Crippen LogP contribution is 2.40. The fraction of sp³-hybridized carbons (Fsp3) is 0.571. The maximum Gasteiger partial charge on any atom is 0.124 e. The van der Waals surface area contributed by atoms with Crippen LogP contribution >= 0.6 is 11.8 Å². The van der Waals surface area contributed by atoms with Crippen molar-refractivity contribution in [2.45, 2.75) is 25.0 Å². The summed E-state index contributed by atoms with van der Waals surface area (Å²) in [5, 5.41) is 0. The van der Waals surface area contributed by atoms with Gasteiger partial charge in [0.05, 0.1) is 7.11 Å². The van der Waals surface area contributed by atoms with Crippen molar-refractivity contribution in [1.82, 2.24) is 0 Å². The summed E-state index contributed by atoms with van der Waals surface area (Å²) < 4.78 is 11.4. The van der Waals surface area contributed by atoms with Crippen molar-refractivity contribution < 1.29 is 9.47 Å². The number of ether oxygens (including phenoxy) is 2. The number of hydrogen-bond donors (Lipinski definition) is 1. The molecule has 1 aromatic rings. The molecule has 0 spiro atoms. The zero-order valence-corrected chi connectivity index (χ0v) is 11.4. The molecule has 4 heteroatoms. The van der Waals surface area contributed by atoms with Crippen molar-refractivity contribution >= 4 is 11.8 Å². The van der Waals surface area contributed by atoms with Crippen LogP contribution in [0.3, 0.4) is 0 Å². The van der Waals surface area contributed by atoms with E-state index in [1.54, 1.807) is 7.11 Å². The quantitative estimate of drug-likeness (QED) is 0.892. The Balaban J connectivity index is 1.83. The second-order valence-electron chi connectivity index (χ2n) is 5.03. The Morgan fingerprint density at radius 2 is 2.33 bits per heavy atom. The minimum absolute atomic E-state index is 0.0689. The molecule has 2 aliphatic heterocycles. The van der Waals surface area contributed by atoms with Crippen LogP contribution in [-0.2, 0) is 0 Å². The molecule has 98 valence electrons. The molecule has 0 radical (unpaired) electrons. The maximum atomic E-state index is 6.29. The number of nitrogens with two attached hydrogens (primary N) is 1. The van der Waals surface area contributed by atoms with Gasteiger partial charge in [-0.1, -0.05) is 0 Å². The van der Waals surface area contributed by atoms with Crippen LogP contribution in [-0.4, -0.2) is 24.7 Å². The van der Waals surface area contributed by atoms with Gasteiger partial charge in [0.2, 0.25) is 0 Å². The third-order valence-electron chi connectivity index (χ3n) is 3.87. The zero-order chi connectivity index (χ0) is 12.5. The Bertz CT molecular complexity index is 432. The second kappa shape index (κ2) is 5.02. The maximum absolute atomic E-state index is 6.29. The number of benzene rings is 1. The number of rotatable bonds is 2. The van der Waals surface area contributed by atoms with Gasteiger partial charge in [-0.05, 0) is 36.1 Å². The van der Waals surface area contributed by atoms with E-state index >= 15 is 0 Å². The first-order valence-corrected chi connectivity index (χ1v) is 7.61. The van der Waals surface area contributed by atoms with Gasteiger partial charge in [-0.25, -0.2) is 0 Å². The monoisotopic (exact) mass is 265 g/mol. The molecule has 18 heavy (non-hydrogen) atoms. The van der Waals surface area contributed by atoms with E-state index in [2.05, 4.69) is 0 Å². The normalized spacial score (nSPS) is 30.7. The van der Waals surface area contributed by atoms with Crippen molar-refractivity contribution in [3.8, 4) is 11.5 Å². The number of hydrogen-bond acceptors (Lipinski definition) is 4. The average Bonchev–Trinajstić information content (AvgIpc) is 2.92. The van der Waals surface area contributed by atoms with Gasteiger partial charge in [-0.15, -0.1) is 0 Å². The molecular formula is C14H19NO2S. The van der Waals surface area contributed by atoms with Crippen LogP contribution in [0.2, 0.25) is 0 Å². The van der Waals surface area contributed by atoms with E-state index < -0.39 is 0 Å². The summed E-state index contributed by atoms with van der Waals surface area (Å²) in [6, 6.07) is 6.00. The Labute approximate surface area is 112 Å². The molecule has 0 aliphatic carbocycles. The Morgan fingerprint density at radius 1 is 1.44 bits per heavy atom. The highest BCUT2D eigenvalue weighted by molar-refractivity contribution is 7.99. The van der Waals surface area contributed by atoms with Crippen molar-refractivity contribution in [3.63, 3.8) is 0 Å². The van der Waals surface area contributed by atoms with Crippen LogP contribution in [0.5, 0.6) is 11.5 Å². The minimum Gasteiger partial charge on any atom is -0.497 e. The first-order valence-electron chi connectivity index (χ1n) is 6.46. The summed E-state index contributed by atoms with van der Waals surface area (Å²) >= 11 is 2.02. The zero-order valence-electron chi connectivity index (χ0n) is 10.6. The largest absolute Gasteiger partial charge is 0.497 e. The van der Waals surface area contributed by atoms with Crippen molar-refractivity contribution in [2.24, 2.45) is 11.7 Å². The third-order valence-corrected chi connectivity index (χ3v) is 5.06. The summed E-state index contributed by atoms with van der Waals surface area (Å²) in [5.41, 5.74) is 7.37. The third kappa shape index (κ3) is 2.19. The summed E-state index contributed by atoms with van der Waals surface area (Å²) in [6.45, 7) is 0. The lowest BCUT2D eigenvalue weighted by Gasteiger charge is -2.33. The molecule has 3 nitrogen and oxygen atoms in total. The van der Waals surface area contributed by atoms with Gasteiger partial charge in [0, 0.05) is 23.9 Å². The van der Waals surface area contributed by atoms with E-state index in [0.29, 0.717) is 5.92 Å². The molecular weight excluding hydrogens is 246 g/mol. The molecule has 2 heterocycles. The van der Waals surface area contributed by atoms with Crippen molar-refractivity contribution in [3.05, 3.63) is 23.8 Å². The lowest BCUT2D eigenvalue weighted by molar-refractivity contribution is 0.110. The van der Waals surface area contributed by atoms with Gasteiger partial charge < -0.3 is 15.2 Å². The molecule has 0 aromatic heterocycles. The van der Waals surface area contributed by atoms with Gasteiger partial charge in [0.1, 0.15) is 17.6 Å². The molecule has 3 unspecified atom stereocenters. The minimum atomic E-state index is 0.0689. The van der Waals surface area contributed by atoms with Crippen LogP contribution in [0, 0.1) is 5.92 Å². The van der Waals surface area contributed by atoms with Crippen LogP contribution in [0.1, 0.15) is 24.4 Å². The second-order valence-corrected chi connectivity index (χ2v) is 6.18. The molecule has 0 bridgehead atoms. The highest BCUT2D eigenvalue weighted by Gasteiger charge is 2.33. The SMILES string of the molecule is COc1ccc2c(c1)C(N)CC(C1CCSC1)O2. The van der Waals surface area contributed by atoms with Gasteiger partial charge in [0.15, 0.2) is 0 Å². The van der Waals surface area contributed by atoms with Crippen molar-refractivity contribution in [2.75, 3.05) is 18.6 Å². The molecule has 0 amide bonds. The molecule has 1 fully saturated rings. The molecule has 3 atom stereocenters. The lowest BCUT2D eigenvalue weighted by atomic mass is 9.90. The Hall–Kier alpha value is -0.870. The summed E-state index contributed by atoms with van der Waals surface area (Å²) in [5.74, 6) is 4.92. The summed E-state index contributed by atoms with van der Waals surface area (Å²) in [6.07, 6.45) is 2.47. The fourth-order valence-corrected chi connectivity index (χ4v) is 4.09. The average molecular weight is 265 g/mol. The predicted molar refractivity (Wildman–Crippen MR) is 74.4 cm³/mol. The number of thioether (sulfide) groups is 1. The van der Waals surface area contributed by atoms with Crippen LogP contribution < -0.4 is 15.2 Å². The molecule has 0 saturated carbocycles. The molecule has 1 saturated heterocycles. The smallest absolute Gasteiger partial charge is 0.124 e. The lowest BCUT2D eigenvalue weighted by Crippen LogP contribution is -2.35. The molecule has 2 aliphatic rings. The predicted octanol–water partition coefficient (Wildman–Crippen LogP) is 2.60. The van der Waals surface area contributed by atoms with E-state index in [-0.39, 0.29) is 12.1 Å². The highest BCUT2D eigenvalue weighted by atomic mass is 32.2. The van der Waals surface area contributed by atoms with Gasteiger partial charge in [-0.3, -0.25) is 0 Å². The Kier molecular flexibility index (Phi) is 3.39. The first kappa shape index (κ1) is 12.2.